The van der Waals surface area contributed by atoms with Crippen molar-refractivity contribution in [3.63, 3.8) is 0 Å². The van der Waals surface area contributed by atoms with E-state index in [4.69, 9.17) is 4.74 Å². The lowest BCUT2D eigenvalue weighted by Gasteiger charge is -2.58. The Morgan fingerprint density at radius 3 is 2.64 bits per heavy atom. The van der Waals surface area contributed by atoms with Crippen LogP contribution in [0.25, 0.3) is 0 Å². The van der Waals surface area contributed by atoms with Crippen LogP contribution < -0.4 is 5.32 Å². The molecule has 1 aliphatic heterocycles. The molecule has 4 heteroatoms. The first-order valence-electron chi connectivity index (χ1n) is 11.3. The number of hydrogen-bond acceptors (Lipinski definition) is 3. The zero-order valence-corrected chi connectivity index (χ0v) is 18.2. The monoisotopic (exact) mass is 387 g/mol. The van der Waals surface area contributed by atoms with E-state index in [1.165, 1.54) is 0 Å². The molecule has 1 heterocycles. The van der Waals surface area contributed by atoms with Crippen molar-refractivity contribution in [3.05, 3.63) is 12.2 Å². The topological polar surface area (TPSA) is 55.4 Å². The molecule has 3 aliphatic carbocycles. The molecular weight excluding hydrogens is 350 g/mol. The second-order valence-electron chi connectivity index (χ2n) is 11.0. The van der Waals surface area contributed by atoms with Gasteiger partial charge < -0.3 is 10.1 Å². The van der Waals surface area contributed by atoms with Crippen LogP contribution in [-0.4, -0.2) is 23.5 Å². The molecule has 28 heavy (non-hydrogen) atoms. The smallest absolute Gasteiger partial charge is 0.330 e. The Bertz CT molecular complexity index is 698. The molecule has 0 aromatic rings. The first-order valence-corrected chi connectivity index (χ1v) is 11.3. The highest BCUT2D eigenvalue weighted by Crippen LogP contribution is 2.65. The molecule has 0 aromatic heterocycles. The third-order valence-electron chi connectivity index (χ3n) is 9.19. The Hall–Kier alpha value is -1.32. The minimum atomic E-state index is -0.183. The Morgan fingerprint density at radius 1 is 1.18 bits per heavy atom. The highest BCUT2D eigenvalue weighted by atomic mass is 16.5. The second kappa shape index (κ2) is 6.60. The van der Waals surface area contributed by atoms with Gasteiger partial charge in [-0.3, -0.25) is 4.79 Å². The van der Waals surface area contributed by atoms with Crippen molar-refractivity contribution in [2.24, 2.45) is 34.5 Å². The minimum Gasteiger partial charge on any atom is -0.458 e. The molecular formula is C24H37NO3. The lowest BCUT2D eigenvalue weighted by molar-refractivity contribution is -0.168. The maximum absolute atomic E-state index is 13.2. The average molecular weight is 388 g/mol. The van der Waals surface area contributed by atoms with Gasteiger partial charge in [-0.15, -0.1) is 0 Å². The van der Waals surface area contributed by atoms with Gasteiger partial charge in [-0.05, 0) is 82.0 Å². The lowest BCUT2D eigenvalue weighted by Crippen LogP contribution is -2.56. The Kier molecular flexibility index (Phi) is 4.71. The summed E-state index contributed by atoms with van der Waals surface area (Å²) in [7, 11) is 0. The molecule has 3 saturated carbocycles. The van der Waals surface area contributed by atoms with Gasteiger partial charge in [0.15, 0.2) is 0 Å². The molecule has 156 valence electrons. The van der Waals surface area contributed by atoms with E-state index in [-0.39, 0.29) is 40.3 Å². The fourth-order valence-corrected chi connectivity index (χ4v) is 7.14. The van der Waals surface area contributed by atoms with Gasteiger partial charge in [-0.1, -0.05) is 26.8 Å². The van der Waals surface area contributed by atoms with E-state index in [9.17, 15) is 9.59 Å². The maximum Gasteiger partial charge on any atom is 0.330 e. The highest BCUT2D eigenvalue weighted by molar-refractivity contribution is 5.83. The molecule has 7 atom stereocenters. The molecule has 0 bridgehead atoms. The quantitative estimate of drug-likeness (QED) is 0.718. The lowest BCUT2D eigenvalue weighted by atomic mass is 9.48. The predicted octanol–water partition coefficient (Wildman–Crippen LogP) is 4.63. The van der Waals surface area contributed by atoms with Crippen molar-refractivity contribution >= 4 is 11.9 Å². The molecule has 0 aromatic carbocycles. The van der Waals surface area contributed by atoms with Gasteiger partial charge in [0, 0.05) is 22.9 Å². The summed E-state index contributed by atoms with van der Waals surface area (Å²) in [5, 5.41) is 3.33. The Balaban J connectivity index is 1.56. The van der Waals surface area contributed by atoms with Crippen LogP contribution in [0.15, 0.2) is 12.2 Å². The van der Waals surface area contributed by atoms with Crippen molar-refractivity contribution in [1.82, 2.24) is 5.32 Å². The summed E-state index contributed by atoms with van der Waals surface area (Å²) >= 11 is 0. The van der Waals surface area contributed by atoms with Gasteiger partial charge in [0.1, 0.15) is 6.10 Å². The number of amides is 1. The first-order chi connectivity index (χ1) is 13.1. The molecule has 4 rings (SSSR count). The fraction of sp³-hybridized carbons (Fsp3) is 0.833. The zero-order valence-electron chi connectivity index (χ0n) is 18.2. The van der Waals surface area contributed by atoms with Gasteiger partial charge in [0.05, 0.1) is 0 Å². The van der Waals surface area contributed by atoms with E-state index in [0.29, 0.717) is 17.8 Å². The van der Waals surface area contributed by atoms with Gasteiger partial charge in [-0.2, -0.15) is 0 Å². The number of hydrogen-bond donors (Lipinski definition) is 1. The molecule has 3 fully saturated rings. The van der Waals surface area contributed by atoms with E-state index in [1.54, 1.807) is 6.08 Å². The number of carbonyl (C=O) groups excluding carboxylic acids is 2. The number of fused-ring (bicyclic) bond motifs is 5. The van der Waals surface area contributed by atoms with Gasteiger partial charge >= 0.3 is 5.97 Å². The third-order valence-corrected chi connectivity index (χ3v) is 9.19. The summed E-state index contributed by atoms with van der Waals surface area (Å²) in [6.07, 6.45) is 11.3. The van der Waals surface area contributed by atoms with Crippen LogP contribution in [0.5, 0.6) is 0 Å². The van der Waals surface area contributed by atoms with E-state index in [2.05, 4.69) is 46.0 Å². The summed E-state index contributed by atoms with van der Waals surface area (Å²) in [5.74, 6) is 2.02. The molecule has 1 N–H and O–H groups in total. The molecule has 1 amide bonds. The largest absolute Gasteiger partial charge is 0.458 e. The Labute approximate surface area is 169 Å². The molecule has 0 unspecified atom stereocenters. The summed E-state index contributed by atoms with van der Waals surface area (Å²) in [5.41, 5.74) is -0.0684. The van der Waals surface area contributed by atoms with Crippen LogP contribution >= 0.6 is 0 Å². The van der Waals surface area contributed by atoms with Crippen molar-refractivity contribution in [2.75, 3.05) is 0 Å². The number of carbonyl (C=O) groups is 2. The first kappa shape index (κ1) is 20.0. The van der Waals surface area contributed by atoms with Crippen molar-refractivity contribution in [2.45, 2.75) is 91.2 Å². The molecule has 4 aliphatic rings. The van der Waals surface area contributed by atoms with E-state index in [0.717, 1.165) is 44.9 Å². The van der Waals surface area contributed by atoms with Crippen LogP contribution in [-0.2, 0) is 14.3 Å². The van der Waals surface area contributed by atoms with Crippen LogP contribution in [0, 0.1) is 34.5 Å². The maximum atomic E-state index is 13.2. The van der Waals surface area contributed by atoms with Crippen LogP contribution in [0.3, 0.4) is 0 Å². The standard InChI is InChI=1S/C24H37NO3/c1-6-22(2,3)25-21(27)18-9-8-16-15-7-10-19-24(5,14-12-20(26)28-19)17(15)11-13-23(16,18)4/h12,14-19H,6-11,13H2,1-5H3,(H,25,27)/t15-,16-,17-,18+,19+,23-,24+/m0/s1. The van der Waals surface area contributed by atoms with E-state index < -0.39 is 0 Å². The highest BCUT2D eigenvalue weighted by Gasteiger charge is 2.61. The number of ether oxygens (including phenoxy) is 1. The van der Waals surface area contributed by atoms with Crippen molar-refractivity contribution < 1.29 is 14.3 Å². The molecule has 0 radical (unpaired) electrons. The van der Waals surface area contributed by atoms with Crippen molar-refractivity contribution in [3.8, 4) is 0 Å². The molecule has 0 saturated heterocycles. The number of rotatable bonds is 3. The normalized spacial score (nSPS) is 44.9. The number of esters is 1. The molecule has 0 spiro atoms. The average Bonchev–Trinajstić information content (AvgIpc) is 2.99. The summed E-state index contributed by atoms with van der Waals surface area (Å²) < 4.78 is 5.72. The fourth-order valence-electron chi connectivity index (χ4n) is 7.14. The Morgan fingerprint density at radius 2 is 1.93 bits per heavy atom. The second-order valence-corrected chi connectivity index (χ2v) is 11.0. The van der Waals surface area contributed by atoms with Gasteiger partial charge in [-0.25, -0.2) is 4.79 Å². The molecule has 4 nitrogen and oxygen atoms in total. The van der Waals surface area contributed by atoms with Gasteiger partial charge in [0.2, 0.25) is 5.91 Å². The summed E-state index contributed by atoms with van der Waals surface area (Å²) in [6, 6.07) is 0. The van der Waals surface area contributed by atoms with Gasteiger partial charge in [0.25, 0.3) is 0 Å². The summed E-state index contributed by atoms with van der Waals surface area (Å²) in [4.78, 5) is 24.9. The van der Waals surface area contributed by atoms with Crippen LogP contribution in [0.2, 0.25) is 0 Å². The van der Waals surface area contributed by atoms with E-state index >= 15 is 0 Å². The predicted molar refractivity (Wildman–Crippen MR) is 109 cm³/mol. The third kappa shape index (κ3) is 2.93. The zero-order chi connectivity index (χ0) is 20.3. The van der Waals surface area contributed by atoms with E-state index in [1.807, 2.05) is 0 Å². The summed E-state index contributed by atoms with van der Waals surface area (Å²) in [6.45, 7) is 11.1. The number of nitrogens with one attached hydrogen (secondary N) is 1. The SMILES string of the molecule is CCC(C)(C)NC(=O)[C@H]1CC[C@H]2[C@@H]3CC[C@H]4OC(=O)C=C[C@]4(C)[C@H]3CC[C@]12C. The van der Waals surface area contributed by atoms with Crippen LogP contribution in [0.1, 0.15) is 79.6 Å². The van der Waals surface area contributed by atoms with Crippen molar-refractivity contribution in [1.29, 1.82) is 0 Å². The minimum absolute atomic E-state index is 0.0291. The van der Waals surface area contributed by atoms with Crippen LogP contribution in [0.4, 0.5) is 0 Å².